The lowest BCUT2D eigenvalue weighted by Crippen LogP contribution is -2.16. The van der Waals surface area contributed by atoms with E-state index < -0.39 is 18.1 Å². The molecule has 2 aromatic heterocycles. The Morgan fingerprint density at radius 1 is 0.903 bits per heavy atom. The number of fused-ring (bicyclic) bond motifs is 1. The summed E-state index contributed by atoms with van der Waals surface area (Å²) in [6.07, 6.45) is -8.03. The van der Waals surface area contributed by atoms with Crippen LogP contribution in [0, 0.1) is 0 Å². The fraction of sp³-hybridized carbons (Fsp3) is 0.100. The van der Waals surface area contributed by atoms with E-state index in [1.807, 2.05) is 0 Å². The zero-order valence-electron chi connectivity index (χ0n) is 15.3. The Morgan fingerprint density at radius 2 is 1.65 bits per heavy atom. The van der Waals surface area contributed by atoms with E-state index in [-0.39, 0.29) is 11.4 Å². The smallest absolute Gasteiger partial charge is 0.406 e. The summed E-state index contributed by atoms with van der Waals surface area (Å²) < 4.78 is 85.3. The van der Waals surface area contributed by atoms with E-state index in [0.717, 1.165) is 29.7 Å². The van der Waals surface area contributed by atoms with Crippen molar-refractivity contribution in [3.8, 4) is 17.0 Å². The van der Waals surface area contributed by atoms with Gasteiger partial charge in [0.05, 0.1) is 16.0 Å². The minimum absolute atomic E-state index is 0.180. The number of ether oxygens (including phenoxy) is 1. The third-order valence-electron chi connectivity index (χ3n) is 4.21. The zero-order chi connectivity index (χ0) is 22.2. The van der Waals surface area contributed by atoms with E-state index in [1.54, 1.807) is 12.1 Å². The van der Waals surface area contributed by atoms with Gasteiger partial charge in [0.25, 0.3) is 0 Å². The fourth-order valence-electron chi connectivity index (χ4n) is 2.92. The van der Waals surface area contributed by atoms with Crippen LogP contribution < -0.4 is 10.1 Å². The summed E-state index contributed by atoms with van der Waals surface area (Å²) in [4.78, 5) is 3.89. The molecule has 1 N–H and O–H groups in total. The molecule has 4 nitrogen and oxygen atoms in total. The number of anilines is 2. The topological polar surface area (TPSA) is 47.0 Å². The highest BCUT2D eigenvalue weighted by Gasteiger charge is 2.34. The Labute approximate surface area is 175 Å². The lowest BCUT2D eigenvalue weighted by Gasteiger charge is -2.12. The molecule has 0 unspecified atom stereocenters. The van der Waals surface area contributed by atoms with Crippen LogP contribution in [-0.2, 0) is 6.18 Å². The molecule has 0 aliphatic rings. The second-order valence-corrected chi connectivity index (χ2v) is 7.14. The van der Waals surface area contributed by atoms with Crippen LogP contribution in [-0.4, -0.2) is 15.7 Å². The molecular formula is C20H11F6N3OS. The molecule has 0 bridgehead atoms. The van der Waals surface area contributed by atoms with Crippen molar-refractivity contribution in [1.82, 2.24) is 9.36 Å². The normalized spacial score (nSPS) is 12.2. The monoisotopic (exact) mass is 455 g/mol. The lowest BCUT2D eigenvalue weighted by atomic mass is 10.0. The molecule has 0 aliphatic heterocycles. The minimum atomic E-state index is -4.78. The number of hydrogen-bond donors (Lipinski definition) is 1. The second kappa shape index (κ2) is 7.73. The largest absolute Gasteiger partial charge is 0.573 e. The Morgan fingerprint density at radius 3 is 2.32 bits per heavy atom. The molecule has 0 saturated heterocycles. The minimum Gasteiger partial charge on any atom is -0.406 e. The van der Waals surface area contributed by atoms with Crippen LogP contribution in [0.4, 0.5) is 37.8 Å². The van der Waals surface area contributed by atoms with E-state index in [2.05, 4.69) is 19.4 Å². The fourth-order valence-corrected chi connectivity index (χ4v) is 3.69. The van der Waals surface area contributed by atoms with Crippen molar-refractivity contribution in [2.75, 3.05) is 5.32 Å². The van der Waals surface area contributed by atoms with Gasteiger partial charge < -0.3 is 10.1 Å². The van der Waals surface area contributed by atoms with Crippen molar-refractivity contribution in [2.45, 2.75) is 12.5 Å². The first-order valence-corrected chi connectivity index (χ1v) is 9.42. The number of hydrogen-bond acceptors (Lipinski definition) is 5. The number of pyridine rings is 1. The molecule has 2 heterocycles. The van der Waals surface area contributed by atoms with Crippen molar-refractivity contribution in [1.29, 1.82) is 0 Å². The predicted octanol–water partition coefficient (Wildman–Crippen LogP) is 7.02. The van der Waals surface area contributed by atoms with Gasteiger partial charge in [-0.05, 0) is 60.1 Å². The van der Waals surface area contributed by atoms with Gasteiger partial charge >= 0.3 is 12.5 Å². The highest BCUT2D eigenvalue weighted by molar-refractivity contribution is 7.13. The average molecular weight is 455 g/mol. The SMILES string of the molecule is FC(F)(F)Oc1ccc(Nc2nsc3cc(-c4ncccc4C(F)(F)F)ccc23)cc1. The number of benzene rings is 2. The van der Waals surface area contributed by atoms with Crippen molar-refractivity contribution in [3.63, 3.8) is 0 Å². The number of nitrogens with zero attached hydrogens (tertiary/aromatic N) is 2. The van der Waals surface area contributed by atoms with Gasteiger partial charge in [-0.3, -0.25) is 4.98 Å². The number of halogens is 6. The summed E-state index contributed by atoms with van der Waals surface area (Å²) in [5, 5.41) is 3.63. The summed E-state index contributed by atoms with van der Waals surface area (Å²) in [7, 11) is 0. The van der Waals surface area contributed by atoms with E-state index >= 15 is 0 Å². The third kappa shape index (κ3) is 4.71. The van der Waals surface area contributed by atoms with Gasteiger partial charge in [0, 0.05) is 22.8 Å². The molecule has 0 atom stereocenters. The lowest BCUT2D eigenvalue weighted by molar-refractivity contribution is -0.274. The van der Waals surface area contributed by atoms with Gasteiger partial charge in [0.2, 0.25) is 0 Å². The Bertz CT molecular complexity index is 1220. The van der Waals surface area contributed by atoms with Gasteiger partial charge in [0.15, 0.2) is 5.82 Å². The molecule has 0 aliphatic carbocycles. The number of aromatic nitrogens is 2. The summed E-state index contributed by atoms with van der Waals surface area (Å²) >= 11 is 1.07. The first-order chi connectivity index (χ1) is 14.6. The quantitative estimate of drug-likeness (QED) is 0.336. The van der Waals surface area contributed by atoms with Crippen molar-refractivity contribution in [3.05, 3.63) is 66.4 Å². The molecule has 0 fully saturated rings. The number of rotatable bonds is 4. The molecule has 0 spiro atoms. The average Bonchev–Trinajstić information content (AvgIpc) is 3.10. The van der Waals surface area contributed by atoms with Crippen molar-refractivity contribution < 1.29 is 31.1 Å². The Balaban J connectivity index is 1.61. The molecule has 4 rings (SSSR count). The maximum atomic E-state index is 13.3. The summed E-state index contributed by atoms with van der Waals surface area (Å²) in [5.74, 6) is 0.0646. The predicted molar refractivity (Wildman–Crippen MR) is 104 cm³/mol. The molecule has 0 radical (unpaired) electrons. The zero-order valence-corrected chi connectivity index (χ0v) is 16.1. The van der Waals surface area contributed by atoms with Gasteiger partial charge in [-0.25, -0.2) is 0 Å². The summed E-state index contributed by atoms with van der Waals surface area (Å²) in [5.41, 5.74) is -0.252. The molecule has 160 valence electrons. The van der Waals surface area contributed by atoms with Gasteiger partial charge in [-0.2, -0.15) is 17.5 Å². The van der Waals surface area contributed by atoms with Crippen LogP contribution in [0.3, 0.4) is 0 Å². The molecule has 4 aromatic rings. The van der Waals surface area contributed by atoms with Crippen molar-refractivity contribution in [2.24, 2.45) is 0 Å². The second-order valence-electron chi connectivity index (χ2n) is 6.34. The van der Waals surface area contributed by atoms with Gasteiger partial charge in [0.1, 0.15) is 5.75 Å². The molecular weight excluding hydrogens is 444 g/mol. The van der Waals surface area contributed by atoms with Crippen LogP contribution in [0.25, 0.3) is 21.3 Å². The highest BCUT2D eigenvalue weighted by Crippen LogP contribution is 2.38. The van der Waals surface area contributed by atoms with Gasteiger partial charge in [-0.15, -0.1) is 13.2 Å². The third-order valence-corrected chi connectivity index (χ3v) is 5.02. The highest BCUT2D eigenvalue weighted by atomic mass is 32.1. The van der Waals surface area contributed by atoms with Crippen LogP contribution in [0.5, 0.6) is 5.75 Å². The molecule has 2 aromatic carbocycles. The molecule has 31 heavy (non-hydrogen) atoms. The van der Waals surface area contributed by atoms with Crippen LogP contribution >= 0.6 is 11.5 Å². The number of nitrogens with one attached hydrogen (secondary N) is 1. The standard InChI is InChI=1S/C20H11F6N3OS/c21-19(22,23)15-2-1-9-27-17(15)11-3-8-14-16(10-11)31-29-18(14)28-12-4-6-13(7-5-12)30-20(24,25)26/h1-10H,(H,28,29). The first kappa shape index (κ1) is 20.9. The van der Waals surface area contributed by atoms with E-state index in [0.29, 0.717) is 27.2 Å². The Kier molecular flexibility index (Phi) is 5.21. The summed E-state index contributed by atoms with van der Waals surface area (Å²) in [6.45, 7) is 0. The van der Waals surface area contributed by atoms with Gasteiger partial charge in [-0.1, -0.05) is 6.07 Å². The van der Waals surface area contributed by atoms with E-state index in [1.165, 1.54) is 30.5 Å². The van der Waals surface area contributed by atoms with Crippen molar-refractivity contribution >= 4 is 33.1 Å². The molecule has 0 saturated carbocycles. The van der Waals surface area contributed by atoms with E-state index in [4.69, 9.17) is 0 Å². The number of alkyl halides is 6. The van der Waals surface area contributed by atoms with Crippen LogP contribution in [0.2, 0.25) is 0 Å². The Hall–Kier alpha value is -3.34. The molecule has 0 amide bonds. The van der Waals surface area contributed by atoms with E-state index in [9.17, 15) is 26.3 Å². The molecule has 11 heteroatoms. The maximum absolute atomic E-state index is 13.3. The first-order valence-electron chi connectivity index (χ1n) is 8.65. The maximum Gasteiger partial charge on any atom is 0.573 e. The summed E-state index contributed by atoms with van der Waals surface area (Å²) in [6, 6.07) is 12.0. The van der Waals surface area contributed by atoms with Crippen LogP contribution in [0.1, 0.15) is 5.56 Å². The van der Waals surface area contributed by atoms with Crippen LogP contribution in [0.15, 0.2) is 60.8 Å².